The minimum Gasteiger partial charge on any atom is -0.456 e. The van der Waals surface area contributed by atoms with E-state index in [-0.39, 0.29) is 0 Å². The maximum atomic E-state index is 6.14. The summed E-state index contributed by atoms with van der Waals surface area (Å²) in [6.45, 7) is 0. The van der Waals surface area contributed by atoms with Gasteiger partial charge in [0.2, 0.25) is 0 Å². The van der Waals surface area contributed by atoms with Gasteiger partial charge in [0.15, 0.2) is 0 Å². The maximum Gasteiger partial charge on any atom is 0.135 e. The monoisotopic (exact) mass is 1610 g/mol. The van der Waals surface area contributed by atoms with Crippen LogP contribution in [0.3, 0.4) is 0 Å². The van der Waals surface area contributed by atoms with Crippen LogP contribution in [0, 0.1) is 0 Å². The standard InChI is InChI=1S/2C60H39NO2/c1-3-11-40(12-4-1)47-35-48(41-13-5-2-6-14-41)37-49(36-47)44-23-31-52(32-24-44)61(50-27-19-42(20-28-50)45-25-33-59-55(38-45)53-15-7-9-17-57(53)62-59)51-29-21-43(22-30-51)46-26-34-60-56(39-46)54-16-8-10-18-58(54)63-60;1-2-9-40(10-3-1)46-11-8-12-47(37-46)43-19-17-41(18-20-43)42-21-29-50(30-22-42)61(51-31-23-44(24-32-51)48-27-35-59-55(38-48)53-13-4-6-15-57(53)62-59)52-33-25-45(26-34-52)49-28-36-60-56(39-49)54-14-5-7-16-58(54)63-60/h2*1-39H. The van der Waals surface area contributed by atoms with Crippen molar-refractivity contribution in [2.24, 2.45) is 0 Å². The molecule has 0 saturated heterocycles. The normalized spacial score (nSPS) is 11.5. The Morgan fingerprint density at radius 2 is 0.262 bits per heavy atom. The molecular weight excluding hydrogens is 1530 g/mol. The van der Waals surface area contributed by atoms with Gasteiger partial charge in [-0.25, -0.2) is 0 Å². The molecule has 20 aromatic carbocycles. The molecular formula is C120H78N2O4. The van der Waals surface area contributed by atoms with E-state index < -0.39 is 0 Å². The average molecular weight is 1610 g/mol. The molecule has 0 bridgehead atoms. The van der Waals surface area contributed by atoms with Crippen LogP contribution >= 0.6 is 0 Å². The average Bonchev–Trinajstić information content (AvgIpc) is 1.43. The van der Waals surface area contributed by atoms with E-state index in [1.165, 1.54) is 61.2 Å². The number of fused-ring (bicyclic) bond motifs is 12. The molecule has 0 aliphatic heterocycles. The van der Waals surface area contributed by atoms with Crippen LogP contribution in [0.15, 0.2) is 491 Å². The number of para-hydroxylation sites is 4. The van der Waals surface area contributed by atoms with Crippen LogP contribution in [0.2, 0.25) is 0 Å². The van der Waals surface area contributed by atoms with Crippen molar-refractivity contribution < 1.29 is 17.7 Å². The lowest BCUT2D eigenvalue weighted by Crippen LogP contribution is -2.09. The zero-order valence-electron chi connectivity index (χ0n) is 68.6. The molecule has 592 valence electrons. The lowest BCUT2D eigenvalue weighted by atomic mass is 9.93. The van der Waals surface area contributed by atoms with Crippen LogP contribution in [-0.4, -0.2) is 0 Å². The van der Waals surface area contributed by atoms with Gasteiger partial charge in [0, 0.05) is 77.2 Å². The van der Waals surface area contributed by atoms with Crippen molar-refractivity contribution in [2.45, 2.75) is 0 Å². The van der Waals surface area contributed by atoms with Crippen LogP contribution in [-0.2, 0) is 0 Å². The first-order valence-corrected chi connectivity index (χ1v) is 42.8. The highest BCUT2D eigenvalue weighted by Crippen LogP contribution is 2.45. The summed E-state index contributed by atoms with van der Waals surface area (Å²) in [7, 11) is 0. The molecule has 0 aliphatic carbocycles. The largest absolute Gasteiger partial charge is 0.456 e. The molecule has 4 aromatic heterocycles. The summed E-state index contributed by atoms with van der Waals surface area (Å²) in [4.78, 5) is 4.67. The molecule has 4 heterocycles. The maximum absolute atomic E-state index is 6.14. The van der Waals surface area contributed by atoms with Gasteiger partial charge in [0.25, 0.3) is 0 Å². The molecule has 0 aliphatic rings. The lowest BCUT2D eigenvalue weighted by Gasteiger charge is -2.26. The van der Waals surface area contributed by atoms with E-state index in [4.69, 9.17) is 17.7 Å². The zero-order valence-corrected chi connectivity index (χ0v) is 68.6. The third-order valence-corrected chi connectivity index (χ3v) is 24.6. The lowest BCUT2D eigenvalue weighted by molar-refractivity contribution is 0.668. The zero-order chi connectivity index (χ0) is 83.4. The minimum absolute atomic E-state index is 0.899. The van der Waals surface area contributed by atoms with Crippen molar-refractivity contribution in [3.63, 3.8) is 0 Å². The van der Waals surface area contributed by atoms with E-state index in [0.29, 0.717) is 0 Å². The molecule has 0 fully saturated rings. The minimum atomic E-state index is 0.899. The van der Waals surface area contributed by atoms with E-state index >= 15 is 0 Å². The first-order chi connectivity index (χ1) is 62.4. The van der Waals surface area contributed by atoms with Gasteiger partial charge < -0.3 is 27.5 Å². The van der Waals surface area contributed by atoms with Gasteiger partial charge in [-0.15, -0.1) is 0 Å². The molecule has 24 rings (SSSR count). The molecule has 6 nitrogen and oxygen atoms in total. The van der Waals surface area contributed by atoms with Gasteiger partial charge in [0.05, 0.1) is 0 Å². The number of benzene rings is 20. The van der Waals surface area contributed by atoms with Crippen molar-refractivity contribution in [1.29, 1.82) is 0 Å². The highest BCUT2D eigenvalue weighted by molar-refractivity contribution is 6.10. The van der Waals surface area contributed by atoms with E-state index in [1.807, 2.05) is 48.5 Å². The summed E-state index contributed by atoms with van der Waals surface area (Å²) < 4.78 is 24.5. The quantitative estimate of drug-likeness (QED) is 0.0961. The smallest absolute Gasteiger partial charge is 0.135 e. The predicted molar refractivity (Wildman–Crippen MR) is 526 cm³/mol. The number of hydrogen-bond acceptors (Lipinski definition) is 6. The van der Waals surface area contributed by atoms with Crippen molar-refractivity contribution in [3.05, 3.63) is 473 Å². The highest BCUT2D eigenvalue weighted by Gasteiger charge is 2.21. The Morgan fingerprint density at radius 1 is 0.103 bits per heavy atom. The summed E-state index contributed by atoms with van der Waals surface area (Å²) >= 11 is 0. The number of rotatable bonds is 16. The highest BCUT2D eigenvalue weighted by atomic mass is 16.3. The number of hydrogen-bond donors (Lipinski definition) is 0. The third-order valence-electron chi connectivity index (χ3n) is 24.6. The first kappa shape index (κ1) is 74.3. The van der Waals surface area contributed by atoms with Gasteiger partial charge in [-0.05, 0) is 281 Å². The van der Waals surface area contributed by atoms with Gasteiger partial charge in [-0.1, -0.05) is 303 Å². The van der Waals surface area contributed by atoms with Crippen LogP contribution in [0.4, 0.5) is 34.1 Å². The Labute approximate surface area is 728 Å². The predicted octanol–water partition coefficient (Wildman–Crippen LogP) is 34.6. The Bertz CT molecular complexity index is 7760. The first-order valence-electron chi connectivity index (χ1n) is 42.8. The Morgan fingerprint density at radius 3 is 0.516 bits per heavy atom. The Balaban J connectivity index is 0.000000145. The Kier molecular flexibility index (Phi) is 18.8. The fourth-order valence-electron chi connectivity index (χ4n) is 18.1. The number of anilines is 6. The molecule has 0 saturated carbocycles. The van der Waals surface area contributed by atoms with Crippen LogP contribution in [0.25, 0.3) is 199 Å². The van der Waals surface area contributed by atoms with Gasteiger partial charge >= 0.3 is 0 Å². The van der Waals surface area contributed by atoms with E-state index in [9.17, 15) is 0 Å². The summed E-state index contributed by atoms with van der Waals surface area (Å²) in [6.07, 6.45) is 0. The van der Waals surface area contributed by atoms with Crippen molar-refractivity contribution in [2.75, 3.05) is 9.80 Å². The van der Waals surface area contributed by atoms with Crippen molar-refractivity contribution >= 4 is 122 Å². The topological polar surface area (TPSA) is 59.0 Å². The Hall–Kier alpha value is -16.8. The van der Waals surface area contributed by atoms with Gasteiger partial charge in [-0.2, -0.15) is 0 Å². The van der Waals surface area contributed by atoms with Crippen LogP contribution in [0.5, 0.6) is 0 Å². The van der Waals surface area contributed by atoms with Crippen molar-refractivity contribution in [1.82, 2.24) is 0 Å². The summed E-state index contributed by atoms with van der Waals surface area (Å²) in [5.74, 6) is 0. The van der Waals surface area contributed by atoms with E-state index in [1.54, 1.807) is 0 Å². The van der Waals surface area contributed by atoms with E-state index in [0.717, 1.165) is 172 Å². The molecule has 0 unspecified atom stereocenters. The molecule has 0 radical (unpaired) electrons. The van der Waals surface area contributed by atoms with Crippen LogP contribution < -0.4 is 9.80 Å². The number of furan rings is 4. The fourth-order valence-corrected chi connectivity index (χ4v) is 18.1. The van der Waals surface area contributed by atoms with Gasteiger partial charge in [0.1, 0.15) is 44.7 Å². The SMILES string of the molecule is c1ccc(-c2cc(-c3ccccc3)cc(-c3ccc(N(c4ccc(-c5ccc6oc7ccccc7c6c5)cc4)c4ccc(-c5ccc6oc7ccccc7c6c5)cc4)cc3)c2)cc1.c1ccc(-c2cccc(-c3ccc(-c4ccc(N(c5ccc(-c6ccc7oc8ccccc8c7c6)cc5)c5ccc(-c6ccc7oc8ccccc8c7c6)cc5)cc4)cc3)c2)cc1. The van der Waals surface area contributed by atoms with Crippen molar-refractivity contribution in [3.8, 4) is 111 Å². The molecule has 24 aromatic rings. The molecule has 0 N–H and O–H groups in total. The fraction of sp³-hybridized carbons (Fsp3) is 0. The second-order valence-corrected chi connectivity index (χ2v) is 32.2. The third kappa shape index (κ3) is 14.3. The van der Waals surface area contributed by atoms with Crippen LogP contribution in [0.1, 0.15) is 0 Å². The van der Waals surface area contributed by atoms with Gasteiger partial charge in [-0.3, -0.25) is 0 Å². The summed E-state index contributed by atoms with van der Waals surface area (Å²) in [5, 5.41) is 9.02. The number of nitrogens with zero attached hydrogens (tertiary/aromatic N) is 2. The summed E-state index contributed by atoms with van der Waals surface area (Å²) in [5.41, 5.74) is 37.1. The molecule has 0 atom stereocenters. The molecule has 0 amide bonds. The molecule has 0 spiro atoms. The molecule has 6 heteroatoms. The molecule has 126 heavy (non-hydrogen) atoms. The second kappa shape index (κ2) is 32.0. The summed E-state index contributed by atoms with van der Waals surface area (Å²) in [6, 6.07) is 169. The second-order valence-electron chi connectivity index (χ2n) is 32.2. The van der Waals surface area contributed by atoms with E-state index in [2.05, 4.69) is 434 Å².